The molecular formula is C14H13N7O. The lowest BCUT2D eigenvalue weighted by atomic mass is 10.1. The van der Waals surface area contributed by atoms with Gasteiger partial charge in [-0.25, -0.2) is 4.63 Å². The number of aryl methyl sites for hydroxylation is 1. The van der Waals surface area contributed by atoms with E-state index in [0.29, 0.717) is 5.82 Å². The first-order valence-electron chi connectivity index (χ1n) is 6.73. The highest BCUT2D eigenvalue weighted by atomic mass is 16.6. The Labute approximate surface area is 125 Å². The maximum Gasteiger partial charge on any atom is 0.243 e. The highest BCUT2D eigenvalue weighted by Crippen LogP contribution is 2.28. The zero-order valence-electron chi connectivity index (χ0n) is 12.1. The van der Waals surface area contributed by atoms with E-state index in [9.17, 15) is 0 Å². The summed E-state index contributed by atoms with van der Waals surface area (Å²) in [5.41, 5.74) is 10.6. The van der Waals surface area contributed by atoms with Gasteiger partial charge < -0.3 is 10.1 Å². The van der Waals surface area contributed by atoms with Crippen molar-refractivity contribution in [1.29, 1.82) is 0 Å². The second kappa shape index (κ2) is 4.42. The van der Waals surface area contributed by atoms with Gasteiger partial charge in [0.2, 0.25) is 11.6 Å². The molecule has 0 aliphatic carbocycles. The van der Waals surface area contributed by atoms with Gasteiger partial charge in [-0.1, -0.05) is 11.3 Å². The number of nitrogens with two attached hydrogens (primary N) is 1. The molecule has 8 heteroatoms. The molecule has 22 heavy (non-hydrogen) atoms. The normalized spacial score (nSPS) is 11.4. The van der Waals surface area contributed by atoms with Gasteiger partial charge in [0.1, 0.15) is 5.69 Å². The van der Waals surface area contributed by atoms with Gasteiger partial charge in [-0.05, 0) is 41.9 Å². The molecule has 0 unspecified atom stereocenters. The summed E-state index contributed by atoms with van der Waals surface area (Å²) < 4.78 is 8.21. The zero-order chi connectivity index (χ0) is 15.3. The highest BCUT2D eigenvalue weighted by molar-refractivity contribution is 5.80. The number of fused-ring (bicyclic) bond motifs is 1. The van der Waals surface area contributed by atoms with Gasteiger partial charge >= 0.3 is 0 Å². The van der Waals surface area contributed by atoms with Gasteiger partial charge in [0, 0.05) is 18.0 Å². The van der Waals surface area contributed by atoms with E-state index in [0.717, 1.165) is 22.5 Å². The Morgan fingerprint density at radius 2 is 2.00 bits per heavy atom. The topological polar surface area (TPSA) is 100 Å². The van der Waals surface area contributed by atoms with Crippen molar-refractivity contribution in [2.45, 2.75) is 13.8 Å². The molecule has 0 saturated carbocycles. The van der Waals surface area contributed by atoms with Crippen LogP contribution in [0.2, 0.25) is 0 Å². The summed E-state index contributed by atoms with van der Waals surface area (Å²) in [6, 6.07) is 6.15. The molecule has 8 nitrogen and oxygen atoms in total. The van der Waals surface area contributed by atoms with Gasteiger partial charge in [0.25, 0.3) is 0 Å². The molecule has 0 aromatic carbocycles. The Kier molecular flexibility index (Phi) is 2.52. The van der Waals surface area contributed by atoms with Crippen LogP contribution in [0.15, 0.2) is 35.2 Å². The Morgan fingerprint density at radius 3 is 2.77 bits per heavy atom. The number of hydrogen-bond acceptors (Lipinski definition) is 6. The summed E-state index contributed by atoms with van der Waals surface area (Å²) in [5, 5.41) is 15.7. The third-order valence-electron chi connectivity index (χ3n) is 3.65. The van der Waals surface area contributed by atoms with Crippen molar-refractivity contribution >= 4 is 11.3 Å². The molecule has 4 heterocycles. The SMILES string of the molecule is Cc1ccc2c(-c3nnn(-c4nonc4N)c3C)ccn2c1. The van der Waals surface area contributed by atoms with Crippen LogP contribution in [0.4, 0.5) is 5.82 Å². The van der Waals surface area contributed by atoms with Crippen molar-refractivity contribution < 1.29 is 4.63 Å². The molecule has 0 atom stereocenters. The van der Waals surface area contributed by atoms with E-state index in [-0.39, 0.29) is 5.82 Å². The number of aromatic nitrogens is 6. The van der Waals surface area contributed by atoms with Crippen LogP contribution < -0.4 is 5.73 Å². The van der Waals surface area contributed by atoms with Gasteiger partial charge in [-0.15, -0.1) is 5.10 Å². The molecule has 4 rings (SSSR count). The van der Waals surface area contributed by atoms with Crippen LogP contribution in [-0.2, 0) is 0 Å². The molecule has 0 fully saturated rings. The largest absolute Gasteiger partial charge is 0.378 e. The monoisotopic (exact) mass is 295 g/mol. The van der Waals surface area contributed by atoms with Crippen LogP contribution >= 0.6 is 0 Å². The van der Waals surface area contributed by atoms with Crippen molar-refractivity contribution in [1.82, 2.24) is 29.7 Å². The third kappa shape index (κ3) is 1.70. The highest BCUT2D eigenvalue weighted by Gasteiger charge is 2.19. The summed E-state index contributed by atoms with van der Waals surface area (Å²) in [6.07, 6.45) is 4.07. The van der Waals surface area contributed by atoms with Crippen molar-refractivity contribution in [2.24, 2.45) is 0 Å². The molecule has 2 N–H and O–H groups in total. The van der Waals surface area contributed by atoms with Crippen LogP contribution in [0, 0.1) is 13.8 Å². The predicted octanol–water partition coefficient (Wildman–Crippen LogP) is 1.77. The van der Waals surface area contributed by atoms with E-state index in [1.807, 2.05) is 19.2 Å². The molecule has 0 radical (unpaired) electrons. The summed E-state index contributed by atoms with van der Waals surface area (Å²) in [5.74, 6) is 0.521. The summed E-state index contributed by atoms with van der Waals surface area (Å²) in [7, 11) is 0. The fraction of sp³-hybridized carbons (Fsp3) is 0.143. The van der Waals surface area contributed by atoms with E-state index in [2.05, 4.69) is 54.9 Å². The average Bonchev–Trinajstić information content (AvgIpc) is 3.17. The van der Waals surface area contributed by atoms with Crippen molar-refractivity contribution in [2.75, 3.05) is 5.73 Å². The van der Waals surface area contributed by atoms with Crippen molar-refractivity contribution in [3.8, 4) is 17.1 Å². The van der Waals surface area contributed by atoms with E-state index >= 15 is 0 Å². The first-order valence-corrected chi connectivity index (χ1v) is 6.73. The Balaban J connectivity index is 1.90. The summed E-state index contributed by atoms with van der Waals surface area (Å²) in [6.45, 7) is 3.96. The minimum absolute atomic E-state index is 0.178. The molecule has 0 spiro atoms. The van der Waals surface area contributed by atoms with Crippen LogP contribution in [-0.4, -0.2) is 29.7 Å². The molecule has 0 amide bonds. The first kappa shape index (κ1) is 12.6. The molecule has 0 aliphatic rings. The fourth-order valence-electron chi connectivity index (χ4n) is 2.54. The smallest absolute Gasteiger partial charge is 0.243 e. The zero-order valence-corrected chi connectivity index (χ0v) is 12.1. The van der Waals surface area contributed by atoms with Crippen LogP contribution in [0.5, 0.6) is 0 Å². The minimum atomic E-state index is 0.178. The maximum atomic E-state index is 5.72. The van der Waals surface area contributed by atoms with E-state index < -0.39 is 0 Å². The van der Waals surface area contributed by atoms with E-state index in [1.54, 1.807) is 0 Å². The van der Waals surface area contributed by atoms with E-state index in [4.69, 9.17) is 5.73 Å². The molecular weight excluding hydrogens is 282 g/mol. The number of pyridine rings is 1. The third-order valence-corrected chi connectivity index (χ3v) is 3.65. The van der Waals surface area contributed by atoms with Crippen molar-refractivity contribution in [3.63, 3.8) is 0 Å². The molecule has 110 valence electrons. The quantitative estimate of drug-likeness (QED) is 0.605. The lowest BCUT2D eigenvalue weighted by Gasteiger charge is -2.01. The fourth-order valence-corrected chi connectivity index (χ4v) is 2.54. The Bertz CT molecular complexity index is 978. The summed E-state index contributed by atoms with van der Waals surface area (Å²) >= 11 is 0. The van der Waals surface area contributed by atoms with Gasteiger partial charge in [-0.3, -0.25) is 0 Å². The average molecular weight is 295 g/mol. The molecule has 4 aromatic heterocycles. The predicted molar refractivity (Wildman–Crippen MR) is 79.5 cm³/mol. The van der Waals surface area contributed by atoms with Crippen molar-refractivity contribution in [3.05, 3.63) is 41.9 Å². The second-order valence-electron chi connectivity index (χ2n) is 5.14. The standard InChI is InChI=1S/C14H13N7O/c1-8-3-4-11-10(5-6-20(11)7-8)12-9(2)21(19-16-12)14-13(15)17-22-18-14/h3-7H,1-2H3,(H2,15,17). The Morgan fingerprint density at radius 1 is 1.14 bits per heavy atom. The lowest BCUT2D eigenvalue weighted by molar-refractivity contribution is 0.306. The van der Waals surface area contributed by atoms with Crippen LogP contribution in [0.1, 0.15) is 11.3 Å². The van der Waals surface area contributed by atoms with Gasteiger partial charge in [-0.2, -0.15) is 4.68 Å². The van der Waals surface area contributed by atoms with Gasteiger partial charge in [0.05, 0.1) is 11.2 Å². The number of hydrogen-bond donors (Lipinski definition) is 1. The Hall–Kier alpha value is -3.16. The second-order valence-corrected chi connectivity index (χ2v) is 5.14. The molecule has 0 aliphatic heterocycles. The number of nitrogens with zero attached hydrogens (tertiary/aromatic N) is 6. The van der Waals surface area contributed by atoms with Gasteiger partial charge in [0.15, 0.2) is 0 Å². The molecule has 4 aromatic rings. The number of nitrogen functional groups attached to an aromatic ring is 1. The van der Waals surface area contributed by atoms with Crippen LogP contribution in [0.3, 0.4) is 0 Å². The minimum Gasteiger partial charge on any atom is -0.378 e. The first-order chi connectivity index (χ1) is 10.6. The lowest BCUT2D eigenvalue weighted by Crippen LogP contribution is -2.03. The number of rotatable bonds is 2. The van der Waals surface area contributed by atoms with E-state index in [1.165, 1.54) is 10.2 Å². The summed E-state index contributed by atoms with van der Waals surface area (Å²) in [4.78, 5) is 0. The number of anilines is 1. The molecule has 0 bridgehead atoms. The molecule has 0 saturated heterocycles. The van der Waals surface area contributed by atoms with Crippen LogP contribution in [0.25, 0.3) is 22.6 Å². The maximum absolute atomic E-state index is 5.72.